The average molecular weight is 174 g/mol. The Kier molecular flexibility index (Phi) is 2.08. The van der Waals surface area contributed by atoms with Gasteiger partial charge in [-0.15, -0.1) is 0 Å². The first kappa shape index (κ1) is 7.98. The van der Waals surface area contributed by atoms with E-state index in [1.807, 2.05) is 30.3 Å². The van der Waals surface area contributed by atoms with Gasteiger partial charge in [0.2, 0.25) is 5.91 Å². The van der Waals surface area contributed by atoms with Crippen LogP contribution >= 0.6 is 0 Å². The summed E-state index contributed by atoms with van der Waals surface area (Å²) in [5.74, 6) is -0.0904. The van der Waals surface area contributed by atoms with Gasteiger partial charge in [-0.05, 0) is 5.56 Å². The van der Waals surface area contributed by atoms with Crippen LogP contribution in [0, 0.1) is 0 Å². The molecule has 0 aromatic heterocycles. The first-order chi connectivity index (χ1) is 6.38. The van der Waals surface area contributed by atoms with Gasteiger partial charge in [0.1, 0.15) is 0 Å². The lowest BCUT2D eigenvalue weighted by Crippen LogP contribution is -2.29. The maximum Gasteiger partial charge on any atom is 0.247 e. The molecule has 0 saturated heterocycles. The molecule has 0 bridgehead atoms. The molecule has 1 aliphatic rings. The first-order valence-corrected chi connectivity index (χ1v) is 4.24. The third-order valence-electron chi connectivity index (χ3n) is 2.13. The highest BCUT2D eigenvalue weighted by molar-refractivity contribution is 5.88. The lowest BCUT2D eigenvalue weighted by molar-refractivity contribution is -0.122. The molecule has 1 unspecified atom stereocenters. The Morgan fingerprint density at radius 1 is 1.31 bits per heavy atom. The maximum absolute atomic E-state index is 11.4. The fraction of sp³-hybridized carbons (Fsp3) is 0.200. The fourth-order valence-electron chi connectivity index (χ4n) is 1.43. The van der Waals surface area contributed by atoms with Gasteiger partial charge < -0.3 is 0 Å². The normalized spacial score (nSPS) is 21.2. The van der Waals surface area contributed by atoms with E-state index in [0.29, 0.717) is 6.42 Å². The van der Waals surface area contributed by atoms with E-state index in [1.54, 1.807) is 6.21 Å². The minimum Gasteiger partial charge on any atom is -0.272 e. The van der Waals surface area contributed by atoms with E-state index < -0.39 is 0 Å². The summed E-state index contributed by atoms with van der Waals surface area (Å²) in [5, 5.41) is 3.71. The van der Waals surface area contributed by atoms with E-state index in [2.05, 4.69) is 10.5 Å². The van der Waals surface area contributed by atoms with Gasteiger partial charge in [0.15, 0.2) is 0 Å². The van der Waals surface area contributed by atoms with Gasteiger partial charge in [-0.2, -0.15) is 5.10 Å². The molecule has 1 heterocycles. The number of hydrogen-bond donors (Lipinski definition) is 1. The molecule has 1 atom stereocenters. The summed E-state index contributed by atoms with van der Waals surface area (Å²) in [7, 11) is 0. The van der Waals surface area contributed by atoms with Crippen molar-refractivity contribution in [2.45, 2.75) is 12.3 Å². The highest BCUT2D eigenvalue weighted by Crippen LogP contribution is 2.20. The number of amides is 1. The van der Waals surface area contributed by atoms with Crippen LogP contribution in [0.1, 0.15) is 17.9 Å². The Hall–Kier alpha value is -1.64. The molecule has 1 N–H and O–H groups in total. The average Bonchev–Trinajstić information content (AvgIpc) is 2.20. The summed E-state index contributed by atoms with van der Waals surface area (Å²) in [6.07, 6.45) is 2.43. The molecular weight excluding hydrogens is 164 g/mol. The van der Waals surface area contributed by atoms with Crippen molar-refractivity contribution in [2.75, 3.05) is 0 Å². The highest BCUT2D eigenvalue weighted by Gasteiger charge is 2.21. The number of nitrogens with zero attached hydrogens (tertiary/aromatic N) is 1. The molecule has 1 aromatic rings. The van der Waals surface area contributed by atoms with Crippen LogP contribution in [0.2, 0.25) is 0 Å². The molecule has 13 heavy (non-hydrogen) atoms. The van der Waals surface area contributed by atoms with Crippen molar-refractivity contribution < 1.29 is 4.79 Å². The van der Waals surface area contributed by atoms with Gasteiger partial charge in [0.05, 0.1) is 5.92 Å². The molecule has 1 aromatic carbocycles. The number of hydrazone groups is 1. The van der Waals surface area contributed by atoms with Gasteiger partial charge in [0.25, 0.3) is 0 Å². The van der Waals surface area contributed by atoms with Crippen LogP contribution in [0.3, 0.4) is 0 Å². The summed E-state index contributed by atoms with van der Waals surface area (Å²) in [4.78, 5) is 11.4. The molecule has 1 aliphatic heterocycles. The summed E-state index contributed by atoms with van der Waals surface area (Å²) < 4.78 is 0. The van der Waals surface area contributed by atoms with Gasteiger partial charge in [0, 0.05) is 12.6 Å². The zero-order valence-electron chi connectivity index (χ0n) is 7.10. The van der Waals surface area contributed by atoms with E-state index in [9.17, 15) is 4.79 Å². The highest BCUT2D eigenvalue weighted by atomic mass is 16.2. The Balaban J connectivity index is 2.26. The van der Waals surface area contributed by atoms with Gasteiger partial charge in [-0.3, -0.25) is 4.79 Å². The molecule has 0 aliphatic carbocycles. The minimum atomic E-state index is -0.0706. The number of carbonyl (C=O) groups excluding carboxylic acids is 1. The second-order valence-corrected chi connectivity index (χ2v) is 2.99. The van der Waals surface area contributed by atoms with Crippen molar-refractivity contribution in [3.05, 3.63) is 35.9 Å². The van der Waals surface area contributed by atoms with Crippen molar-refractivity contribution in [3.8, 4) is 0 Å². The van der Waals surface area contributed by atoms with Crippen molar-refractivity contribution in [1.82, 2.24) is 5.43 Å². The summed E-state index contributed by atoms with van der Waals surface area (Å²) in [5.41, 5.74) is 3.51. The Morgan fingerprint density at radius 3 is 2.77 bits per heavy atom. The number of hydrogen-bond acceptors (Lipinski definition) is 2. The second-order valence-electron chi connectivity index (χ2n) is 2.99. The quantitative estimate of drug-likeness (QED) is 0.684. The Bertz CT molecular complexity index is 332. The predicted octanol–water partition coefficient (Wildman–Crippen LogP) is 1.28. The van der Waals surface area contributed by atoms with Crippen LogP contribution in [0.25, 0.3) is 0 Å². The SMILES string of the molecule is O=C1NN=CCC1c1ccccc1. The van der Waals surface area contributed by atoms with Gasteiger partial charge in [-0.25, -0.2) is 5.43 Å². The Labute approximate surface area is 76.5 Å². The third kappa shape index (κ3) is 1.59. The number of nitrogens with one attached hydrogen (secondary N) is 1. The van der Waals surface area contributed by atoms with E-state index >= 15 is 0 Å². The lowest BCUT2D eigenvalue weighted by atomic mass is 9.95. The lowest BCUT2D eigenvalue weighted by Gasteiger charge is -2.16. The summed E-state index contributed by atoms with van der Waals surface area (Å²) in [6.45, 7) is 0. The third-order valence-corrected chi connectivity index (χ3v) is 2.13. The topological polar surface area (TPSA) is 41.5 Å². The van der Waals surface area contributed by atoms with Crippen LogP contribution < -0.4 is 5.43 Å². The van der Waals surface area contributed by atoms with Crippen molar-refractivity contribution >= 4 is 12.1 Å². The molecule has 2 rings (SSSR count). The smallest absolute Gasteiger partial charge is 0.247 e. The number of rotatable bonds is 1. The molecule has 0 fully saturated rings. The van der Waals surface area contributed by atoms with E-state index in [4.69, 9.17) is 0 Å². The van der Waals surface area contributed by atoms with Crippen LogP contribution in [-0.4, -0.2) is 12.1 Å². The van der Waals surface area contributed by atoms with E-state index in [0.717, 1.165) is 5.56 Å². The van der Waals surface area contributed by atoms with Crippen LogP contribution in [0.15, 0.2) is 35.4 Å². The van der Waals surface area contributed by atoms with Crippen LogP contribution in [0.5, 0.6) is 0 Å². The zero-order chi connectivity index (χ0) is 9.10. The standard InChI is InChI=1S/C10H10N2O/c13-10-9(6-7-11-12-10)8-4-2-1-3-5-8/h1-5,7,9H,6H2,(H,12,13). The summed E-state index contributed by atoms with van der Waals surface area (Å²) in [6, 6.07) is 9.74. The van der Waals surface area contributed by atoms with Gasteiger partial charge >= 0.3 is 0 Å². The maximum atomic E-state index is 11.4. The van der Waals surface area contributed by atoms with Crippen LogP contribution in [0.4, 0.5) is 0 Å². The number of benzene rings is 1. The molecule has 0 saturated carbocycles. The van der Waals surface area contributed by atoms with Crippen molar-refractivity contribution in [3.63, 3.8) is 0 Å². The van der Waals surface area contributed by atoms with E-state index in [1.165, 1.54) is 0 Å². The Morgan fingerprint density at radius 2 is 2.08 bits per heavy atom. The van der Waals surface area contributed by atoms with E-state index in [-0.39, 0.29) is 11.8 Å². The molecule has 1 amide bonds. The first-order valence-electron chi connectivity index (χ1n) is 4.24. The summed E-state index contributed by atoms with van der Waals surface area (Å²) >= 11 is 0. The number of carbonyl (C=O) groups is 1. The molecule has 0 radical (unpaired) electrons. The molecular formula is C10H10N2O. The predicted molar refractivity (Wildman–Crippen MR) is 50.4 cm³/mol. The fourth-order valence-corrected chi connectivity index (χ4v) is 1.43. The van der Waals surface area contributed by atoms with Crippen LogP contribution in [-0.2, 0) is 4.79 Å². The van der Waals surface area contributed by atoms with Crippen molar-refractivity contribution in [1.29, 1.82) is 0 Å². The molecule has 3 nitrogen and oxygen atoms in total. The molecule has 66 valence electrons. The molecule has 0 spiro atoms. The largest absolute Gasteiger partial charge is 0.272 e. The van der Waals surface area contributed by atoms with Crippen molar-refractivity contribution in [2.24, 2.45) is 5.10 Å². The van der Waals surface area contributed by atoms with Gasteiger partial charge in [-0.1, -0.05) is 30.3 Å². The zero-order valence-corrected chi connectivity index (χ0v) is 7.10. The second kappa shape index (κ2) is 3.39. The molecule has 3 heteroatoms. The monoisotopic (exact) mass is 174 g/mol. The minimum absolute atomic E-state index is 0.0197.